The number of carbonyl (C=O) groups is 1. The van der Waals surface area contributed by atoms with Gasteiger partial charge in [0, 0.05) is 37.6 Å². The highest BCUT2D eigenvalue weighted by Crippen LogP contribution is 2.50. The molecule has 2 aliphatic rings. The summed E-state index contributed by atoms with van der Waals surface area (Å²) in [4.78, 5) is 14.7. The molecule has 1 fully saturated rings. The van der Waals surface area contributed by atoms with Crippen molar-refractivity contribution in [1.29, 1.82) is 0 Å². The summed E-state index contributed by atoms with van der Waals surface area (Å²) >= 11 is 4.16. The van der Waals surface area contributed by atoms with Crippen LogP contribution in [-0.2, 0) is 20.7 Å². The molecular weight excluding hydrogens is 500 g/mol. The Morgan fingerprint density at radius 3 is 2.57 bits per heavy atom. The van der Waals surface area contributed by atoms with Gasteiger partial charge in [0.15, 0.2) is 21.2 Å². The Balaban J connectivity index is 1.55. The number of halogens is 3. The zero-order valence-corrected chi connectivity index (χ0v) is 20.8. The van der Waals surface area contributed by atoms with E-state index in [-0.39, 0.29) is 44.0 Å². The maximum atomic E-state index is 15.1. The molecule has 0 radical (unpaired) electrons. The van der Waals surface area contributed by atoms with E-state index >= 15 is 4.39 Å². The molecule has 2 heterocycles. The van der Waals surface area contributed by atoms with Gasteiger partial charge >= 0.3 is 6.09 Å². The van der Waals surface area contributed by atoms with Crippen molar-refractivity contribution in [3.05, 3.63) is 58.6 Å². The molecule has 1 N–H and O–H groups in total. The molecular formula is C25H28ClF2NO5S. The molecule has 1 amide bonds. The van der Waals surface area contributed by atoms with E-state index in [0.29, 0.717) is 35.3 Å². The summed E-state index contributed by atoms with van der Waals surface area (Å²) in [6.45, 7) is 1.11. The molecule has 2 aromatic carbocycles. The minimum Gasteiger partial charge on any atom is -0.611 e. The Morgan fingerprint density at radius 2 is 1.89 bits per heavy atom. The third-order valence-electron chi connectivity index (χ3n) is 6.79. The molecule has 1 saturated heterocycles. The highest BCUT2D eigenvalue weighted by Gasteiger charge is 2.52. The Morgan fingerprint density at radius 1 is 1.20 bits per heavy atom. The van der Waals surface area contributed by atoms with Gasteiger partial charge in [-0.3, -0.25) is 0 Å². The quantitative estimate of drug-likeness (QED) is 0.511. The number of carbonyl (C=O) groups excluding carboxylic acids is 1. The molecule has 2 aromatic rings. The van der Waals surface area contributed by atoms with Crippen molar-refractivity contribution in [2.75, 3.05) is 32.9 Å². The zero-order chi connectivity index (χ0) is 25.0. The van der Waals surface area contributed by atoms with Crippen LogP contribution in [0, 0.1) is 17.6 Å². The Labute approximate surface area is 211 Å². The molecule has 2 aliphatic heterocycles. The summed E-state index contributed by atoms with van der Waals surface area (Å²) in [5.74, 6) is -1.33. The van der Waals surface area contributed by atoms with E-state index in [0.717, 1.165) is 25.0 Å². The van der Waals surface area contributed by atoms with E-state index in [2.05, 4.69) is 0 Å². The Hall–Kier alpha value is -2.07. The molecule has 4 rings (SSSR count). The number of aliphatic hydroxyl groups excluding tert-OH is 1. The summed E-state index contributed by atoms with van der Waals surface area (Å²) in [6.07, 6.45) is 1.97. The third kappa shape index (κ3) is 5.53. The largest absolute Gasteiger partial charge is 0.611 e. The first-order valence-corrected chi connectivity index (χ1v) is 13.2. The van der Waals surface area contributed by atoms with Gasteiger partial charge in [0.25, 0.3) is 0 Å². The van der Waals surface area contributed by atoms with Gasteiger partial charge in [-0.2, -0.15) is 0 Å². The van der Waals surface area contributed by atoms with Crippen molar-refractivity contribution in [3.63, 3.8) is 0 Å². The number of amides is 1. The normalized spacial score (nSPS) is 21.2. The van der Waals surface area contributed by atoms with E-state index in [9.17, 15) is 13.7 Å². The molecule has 0 aliphatic carbocycles. The van der Waals surface area contributed by atoms with Crippen LogP contribution in [0.15, 0.2) is 41.3 Å². The molecule has 0 aromatic heterocycles. The second kappa shape index (κ2) is 11.3. The lowest BCUT2D eigenvalue weighted by atomic mass is 9.88. The van der Waals surface area contributed by atoms with Crippen LogP contribution >= 0.6 is 11.6 Å². The summed E-state index contributed by atoms with van der Waals surface area (Å²) < 4.78 is 53.2. The Kier molecular flexibility index (Phi) is 8.42. The molecule has 0 spiro atoms. The first kappa shape index (κ1) is 26.0. The van der Waals surface area contributed by atoms with Crippen molar-refractivity contribution < 1.29 is 32.7 Å². The second-order valence-electron chi connectivity index (χ2n) is 8.86. The molecule has 190 valence electrons. The highest BCUT2D eigenvalue weighted by atomic mass is 35.5. The monoisotopic (exact) mass is 527 g/mol. The van der Waals surface area contributed by atoms with Crippen molar-refractivity contribution in [1.82, 2.24) is 4.90 Å². The average molecular weight is 528 g/mol. The number of nitrogens with zero attached hydrogens (tertiary/aromatic N) is 1. The number of rotatable bonds is 7. The number of benzene rings is 2. The van der Waals surface area contributed by atoms with Crippen LogP contribution in [-0.4, -0.2) is 53.6 Å². The predicted octanol–water partition coefficient (Wildman–Crippen LogP) is 5.02. The standard InChI is InChI=1S/C25H28ClF2NO5S/c26-18-1-3-19(4-2-18)35(32)25(10-15-33-23-21(28)6-5-20(27)22(23)25)11-16-34-24(31)29-12-7-17(8-13-29)9-14-30/h1-6,17,30H,7-16H2. The maximum absolute atomic E-state index is 15.1. The summed E-state index contributed by atoms with van der Waals surface area (Å²) in [5.41, 5.74) is -0.0992. The van der Waals surface area contributed by atoms with E-state index in [4.69, 9.17) is 26.2 Å². The number of hydrogen-bond acceptors (Lipinski definition) is 5. The zero-order valence-electron chi connectivity index (χ0n) is 19.2. The summed E-state index contributed by atoms with van der Waals surface area (Å²) in [7, 11) is 0. The molecule has 10 heteroatoms. The van der Waals surface area contributed by atoms with E-state index < -0.39 is 33.7 Å². The maximum Gasteiger partial charge on any atom is 0.409 e. The minimum atomic E-state index is -1.82. The molecule has 2 unspecified atom stereocenters. The molecule has 0 bridgehead atoms. The van der Waals surface area contributed by atoms with Crippen LogP contribution in [0.25, 0.3) is 0 Å². The van der Waals surface area contributed by atoms with Crippen molar-refractivity contribution in [2.24, 2.45) is 5.92 Å². The number of likely N-dealkylation sites (tertiary alicyclic amines) is 1. The van der Waals surface area contributed by atoms with Crippen LogP contribution in [0.2, 0.25) is 5.02 Å². The predicted molar refractivity (Wildman–Crippen MR) is 128 cm³/mol. The van der Waals surface area contributed by atoms with Crippen LogP contribution < -0.4 is 4.74 Å². The molecule has 35 heavy (non-hydrogen) atoms. The SMILES string of the molecule is O=C(OCCC1([S+]([O-])c2ccc(Cl)cc2)CCOc2c(F)ccc(F)c21)N1CCC(CCO)CC1. The van der Waals surface area contributed by atoms with Gasteiger partial charge in [0.05, 0.1) is 18.8 Å². The van der Waals surface area contributed by atoms with Gasteiger partial charge in [-0.15, -0.1) is 0 Å². The number of fused-ring (bicyclic) bond motifs is 1. The number of piperidine rings is 1. The molecule has 0 saturated carbocycles. The van der Waals surface area contributed by atoms with E-state index in [1.54, 1.807) is 29.2 Å². The first-order chi connectivity index (χ1) is 16.9. The fourth-order valence-corrected chi connectivity index (χ4v) is 6.71. The van der Waals surface area contributed by atoms with Crippen molar-refractivity contribution in [3.8, 4) is 5.75 Å². The molecule has 6 nitrogen and oxygen atoms in total. The lowest BCUT2D eigenvalue weighted by Crippen LogP contribution is -2.44. The second-order valence-corrected chi connectivity index (χ2v) is 11.1. The summed E-state index contributed by atoms with van der Waals surface area (Å²) in [5, 5.41) is 9.57. The van der Waals surface area contributed by atoms with Gasteiger partial charge in [-0.1, -0.05) is 11.6 Å². The van der Waals surface area contributed by atoms with Crippen LogP contribution in [0.1, 0.15) is 37.7 Å². The van der Waals surface area contributed by atoms with Crippen LogP contribution in [0.4, 0.5) is 13.6 Å². The molecule has 2 atom stereocenters. The van der Waals surface area contributed by atoms with Gasteiger partial charge in [0.2, 0.25) is 0 Å². The van der Waals surface area contributed by atoms with Crippen molar-refractivity contribution >= 4 is 28.9 Å². The average Bonchev–Trinajstić information content (AvgIpc) is 2.87. The fourth-order valence-electron chi connectivity index (χ4n) is 4.83. The number of aliphatic hydroxyl groups is 1. The topological polar surface area (TPSA) is 82.1 Å². The number of ether oxygens (including phenoxy) is 2. The van der Waals surface area contributed by atoms with E-state index in [1.807, 2.05) is 0 Å². The van der Waals surface area contributed by atoms with E-state index in [1.165, 1.54) is 0 Å². The van der Waals surface area contributed by atoms with Crippen LogP contribution in [0.3, 0.4) is 0 Å². The number of hydrogen-bond donors (Lipinski definition) is 1. The minimum absolute atomic E-state index is 0.0195. The highest BCUT2D eigenvalue weighted by molar-refractivity contribution is 7.92. The van der Waals surface area contributed by atoms with Gasteiger partial charge in [-0.25, -0.2) is 13.6 Å². The third-order valence-corrected chi connectivity index (χ3v) is 9.07. The van der Waals surface area contributed by atoms with Gasteiger partial charge in [0.1, 0.15) is 5.82 Å². The smallest absolute Gasteiger partial charge is 0.409 e. The Bertz CT molecular complexity index is 1040. The first-order valence-electron chi connectivity index (χ1n) is 11.7. The lowest BCUT2D eigenvalue weighted by Gasteiger charge is -2.39. The lowest BCUT2D eigenvalue weighted by molar-refractivity contribution is 0.0792. The van der Waals surface area contributed by atoms with Crippen LogP contribution in [0.5, 0.6) is 5.75 Å². The van der Waals surface area contributed by atoms with Gasteiger partial charge < -0.3 is 24.0 Å². The van der Waals surface area contributed by atoms with Crippen molar-refractivity contribution in [2.45, 2.75) is 41.7 Å². The summed E-state index contributed by atoms with van der Waals surface area (Å²) in [6, 6.07) is 8.34. The fraction of sp³-hybridized carbons (Fsp3) is 0.480. The van der Waals surface area contributed by atoms with Gasteiger partial charge in [-0.05, 0) is 72.8 Å².